The van der Waals surface area contributed by atoms with E-state index in [9.17, 15) is 9.59 Å². The standard InChI is InChI=1S/C21H13ClN6O2S/c22-14-8-6-13(7-9-14)17-23-10-15(18(29)24-17)19(30)25-20-26-21-28(27-20)16(11-31-21)12-4-2-1-3-5-12/h1-11H,(H,23,24,29)(H,25,27,30). The number of thiazole rings is 1. The molecule has 0 unspecified atom stereocenters. The third-order valence-electron chi connectivity index (χ3n) is 4.54. The van der Waals surface area contributed by atoms with Crippen LogP contribution in [0.2, 0.25) is 5.02 Å². The maximum absolute atomic E-state index is 12.6. The van der Waals surface area contributed by atoms with Crippen molar-refractivity contribution in [2.75, 3.05) is 5.32 Å². The number of rotatable bonds is 4. The maximum Gasteiger partial charge on any atom is 0.265 e. The lowest BCUT2D eigenvalue weighted by atomic mass is 10.2. The lowest BCUT2D eigenvalue weighted by Crippen LogP contribution is -2.24. The first kappa shape index (κ1) is 19.2. The Morgan fingerprint density at radius 3 is 2.58 bits per heavy atom. The molecular weight excluding hydrogens is 436 g/mol. The van der Waals surface area contributed by atoms with E-state index in [1.807, 2.05) is 35.7 Å². The van der Waals surface area contributed by atoms with Crippen LogP contribution in [-0.4, -0.2) is 30.5 Å². The Morgan fingerprint density at radius 2 is 1.84 bits per heavy atom. The van der Waals surface area contributed by atoms with Crippen LogP contribution in [0.5, 0.6) is 0 Å². The van der Waals surface area contributed by atoms with Crippen LogP contribution in [0.3, 0.4) is 0 Å². The van der Waals surface area contributed by atoms with Crippen molar-refractivity contribution in [1.29, 1.82) is 0 Å². The van der Waals surface area contributed by atoms with Gasteiger partial charge in [0.1, 0.15) is 11.4 Å². The van der Waals surface area contributed by atoms with Crippen molar-refractivity contribution < 1.29 is 4.79 Å². The summed E-state index contributed by atoms with van der Waals surface area (Å²) >= 11 is 7.29. The number of anilines is 1. The molecule has 5 aromatic rings. The Kier molecular flexibility index (Phi) is 4.81. The van der Waals surface area contributed by atoms with Gasteiger partial charge < -0.3 is 4.98 Å². The molecule has 0 aliphatic heterocycles. The summed E-state index contributed by atoms with van der Waals surface area (Å²) in [7, 11) is 0. The van der Waals surface area contributed by atoms with E-state index in [1.54, 1.807) is 28.8 Å². The van der Waals surface area contributed by atoms with Gasteiger partial charge in [-0.25, -0.2) is 9.50 Å². The summed E-state index contributed by atoms with van der Waals surface area (Å²) < 4.78 is 1.65. The van der Waals surface area contributed by atoms with Crippen molar-refractivity contribution in [3.63, 3.8) is 0 Å². The number of halogens is 1. The fraction of sp³-hybridized carbons (Fsp3) is 0. The van der Waals surface area contributed by atoms with Gasteiger partial charge in [0.05, 0.1) is 5.69 Å². The zero-order valence-electron chi connectivity index (χ0n) is 15.7. The molecule has 0 aliphatic rings. The van der Waals surface area contributed by atoms with Gasteiger partial charge >= 0.3 is 0 Å². The number of hydrogen-bond donors (Lipinski definition) is 2. The molecule has 0 saturated heterocycles. The number of nitrogens with one attached hydrogen (secondary N) is 2. The summed E-state index contributed by atoms with van der Waals surface area (Å²) in [6.45, 7) is 0. The van der Waals surface area contributed by atoms with E-state index in [2.05, 4.69) is 25.4 Å². The van der Waals surface area contributed by atoms with Crippen molar-refractivity contribution in [2.45, 2.75) is 0 Å². The molecule has 0 saturated carbocycles. The largest absolute Gasteiger partial charge is 0.306 e. The SMILES string of the molecule is O=C(Nc1nc2scc(-c3ccccc3)n2n1)c1cnc(-c2ccc(Cl)cc2)[nH]c1=O. The van der Waals surface area contributed by atoms with Gasteiger partial charge in [-0.3, -0.25) is 14.9 Å². The van der Waals surface area contributed by atoms with E-state index in [-0.39, 0.29) is 11.5 Å². The van der Waals surface area contributed by atoms with Gasteiger partial charge in [0.2, 0.25) is 4.96 Å². The molecule has 0 fully saturated rings. The number of H-pyrrole nitrogens is 1. The number of aromatic nitrogens is 5. The van der Waals surface area contributed by atoms with Crippen molar-refractivity contribution in [1.82, 2.24) is 24.6 Å². The van der Waals surface area contributed by atoms with Crippen molar-refractivity contribution in [2.24, 2.45) is 0 Å². The Bertz CT molecular complexity index is 1460. The Balaban J connectivity index is 1.40. The molecule has 31 heavy (non-hydrogen) atoms. The molecule has 8 nitrogen and oxygen atoms in total. The molecule has 3 heterocycles. The molecule has 0 radical (unpaired) electrons. The Hall–Kier alpha value is -3.82. The zero-order valence-corrected chi connectivity index (χ0v) is 17.3. The first-order chi connectivity index (χ1) is 15.1. The highest BCUT2D eigenvalue weighted by atomic mass is 35.5. The van der Waals surface area contributed by atoms with E-state index in [0.29, 0.717) is 21.4 Å². The lowest BCUT2D eigenvalue weighted by Gasteiger charge is -2.03. The minimum absolute atomic E-state index is 0.107. The smallest absolute Gasteiger partial charge is 0.265 e. The minimum Gasteiger partial charge on any atom is -0.306 e. The third kappa shape index (κ3) is 3.72. The average Bonchev–Trinajstić information content (AvgIpc) is 3.35. The second kappa shape index (κ2) is 7.78. The predicted molar refractivity (Wildman–Crippen MR) is 120 cm³/mol. The third-order valence-corrected chi connectivity index (χ3v) is 5.61. The number of carbonyl (C=O) groups excluding carboxylic acids is 1. The minimum atomic E-state index is -0.643. The summed E-state index contributed by atoms with van der Waals surface area (Å²) in [5, 5.41) is 9.44. The molecule has 5 rings (SSSR count). The van der Waals surface area contributed by atoms with Crippen LogP contribution in [0.1, 0.15) is 10.4 Å². The fourth-order valence-electron chi connectivity index (χ4n) is 3.02. The molecule has 10 heteroatoms. The van der Waals surface area contributed by atoms with Gasteiger partial charge in [-0.15, -0.1) is 16.4 Å². The first-order valence-corrected chi connectivity index (χ1v) is 10.4. The highest BCUT2D eigenvalue weighted by Crippen LogP contribution is 2.25. The second-order valence-electron chi connectivity index (χ2n) is 6.55. The quantitative estimate of drug-likeness (QED) is 0.430. The van der Waals surface area contributed by atoms with E-state index in [4.69, 9.17) is 11.6 Å². The normalized spacial score (nSPS) is 11.0. The van der Waals surface area contributed by atoms with Crippen LogP contribution in [0.15, 0.2) is 71.0 Å². The first-order valence-electron chi connectivity index (χ1n) is 9.15. The molecule has 0 spiro atoms. The highest BCUT2D eigenvalue weighted by Gasteiger charge is 2.17. The van der Waals surface area contributed by atoms with E-state index >= 15 is 0 Å². The predicted octanol–water partition coefficient (Wildman–Crippen LogP) is 4.11. The molecule has 0 aliphatic carbocycles. The highest BCUT2D eigenvalue weighted by molar-refractivity contribution is 7.15. The monoisotopic (exact) mass is 448 g/mol. The Morgan fingerprint density at radius 1 is 1.06 bits per heavy atom. The molecule has 1 amide bonds. The Labute approximate surface area is 184 Å². The summed E-state index contributed by atoms with van der Waals surface area (Å²) in [6, 6.07) is 16.6. The van der Waals surface area contributed by atoms with Crippen LogP contribution >= 0.6 is 22.9 Å². The van der Waals surface area contributed by atoms with E-state index in [0.717, 1.165) is 11.3 Å². The number of aromatic amines is 1. The number of nitrogens with zero attached hydrogens (tertiary/aromatic N) is 4. The van der Waals surface area contributed by atoms with Crippen LogP contribution in [0.25, 0.3) is 27.6 Å². The number of hydrogen-bond acceptors (Lipinski definition) is 6. The van der Waals surface area contributed by atoms with Gasteiger partial charge in [-0.2, -0.15) is 4.98 Å². The van der Waals surface area contributed by atoms with E-state index in [1.165, 1.54) is 17.5 Å². The average molecular weight is 449 g/mol. The van der Waals surface area contributed by atoms with Crippen LogP contribution in [0, 0.1) is 0 Å². The lowest BCUT2D eigenvalue weighted by molar-refractivity contribution is 0.102. The van der Waals surface area contributed by atoms with Crippen molar-refractivity contribution in [3.05, 3.63) is 87.1 Å². The fourth-order valence-corrected chi connectivity index (χ4v) is 3.98. The van der Waals surface area contributed by atoms with Crippen LogP contribution < -0.4 is 10.9 Å². The number of fused-ring (bicyclic) bond motifs is 1. The van der Waals surface area contributed by atoms with Gasteiger partial charge in [0, 0.05) is 27.7 Å². The number of amides is 1. The van der Waals surface area contributed by atoms with Gasteiger partial charge in [-0.05, 0) is 24.3 Å². The molecule has 2 N–H and O–H groups in total. The van der Waals surface area contributed by atoms with E-state index < -0.39 is 11.5 Å². The summed E-state index contributed by atoms with van der Waals surface area (Å²) in [4.78, 5) is 36.8. The van der Waals surface area contributed by atoms with Crippen molar-refractivity contribution >= 4 is 39.8 Å². The second-order valence-corrected chi connectivity index (χ2v) is 7.83. The summed E-state index contributed by atoms with van der Waals surface area (Å²) in [6.07, 6.45) is 1.23. The van der Waals surface area contributed by atoms with Crippen molar-refractivity contribution in [3.8, 4) is 22.6 Å². The number of carbonyl (C=O) groups is 1. The molecule has 0 atom stereocenters. The molecule has 152 valence electrons. The van der Waals surface area contributed by atoms with Gasteiger partial charge in [-0.1, -0.05) is 41.9 Å². The number of benzene rings is 2. The van der Waals surface area contributed by atoms with Crippen LogP contribution in [0.4, 0.5) is 5.95 Å². The zero-order chi connectivity index (χ0) is 21.4. The topological polar surface area (TPSA) is 105 Å². The maximum atomic E-state index is 12.6. The molecule has 2 aromatic carbocycles. The summed E-state index contributed by atoms with van der Waals surface area (Å²) in [5.41, 5.74) is 1.82. The molecular formula is C21H13ClN6O2S. The summed E-state index contributed by atoms with van der Waals surface area (Å²) in [5.74, 6) is -0.197. The molecule has 0 bridgehead atoms. The molecule has 3 aromatic heterocycles. The van der Waals surface area contributed by atoms with Gasteiger partial charge in [0.25, 0.3) is 17.4 Å². The van der Waals surface area contributed by atoms with Crippen LogP contribution in [-0.2, 0) is 0 Å². The van der Waals surface area contributed by atoms with Gasteiger partial charge in [0.15, 0.2) is 0 Å².